The predicted octanol–water partition coefficient (Wildman–Crippen LogP) is -0.0502. The molecule has 4 atom stereocenters. The molecule has 4 unspecified atom stereocenters. The first kappa shape index (κ1) is 17.5. The van der Waals surface area contributed by atoms with E-state index >= 15 is 0 Å². The van der Waals surface area contributed by atoms with Crippen LogP contribution in [0.2, 0.25) is 18.1 Å². The Hall–Kier alpha value is -0.803. The van der Waals surface area contributed by atoms with Gasteiger partial charge in [-0.05, 0) is 18.1 Å². The topological polar surface area (TPSA) is 107 Å². The number of aliphatic hydroxyl groups excluding tert-OH is 3. The maximum atomic E-state index is 12.0. The first-order valence-electron chi connectivity index (χ1n) is 7.44. The minimum atomic E-state index is -2.37. The first-order chi connectivity index (χ1) is 9.84. The first-order valence-corrected chi connectivity index (χ1v) is 10.3. The number of hydroxylamine groups is 2. The fourth-order valence-corrected chi connectivity index (χ4v) is 3.64. The highest BCUT2D eigenvalue weighted by Gasteiger charge is 2.67. The Morgan fingerprint density at radius 1 is 1.23 bits per heavy atom. The Morgan fingerprint density at radius 2 is 1.77 bits per heavy atom. The normalized spacial score (nSPS) is 36.7. The van der Waals surface area contributed by atoms with Crippen molar-refractivity contribution in [2.75, 3.05) is 0 Å². The van der Waals surface area contributed by atoms with Gasteiger partial charge in [0.25, 0.3) is 0 Å². The molecule has 1 amide bonds. The van der Waals surface area contributed by atoms with Crippen molar-refractivity contribution in [1.82, 2.24) is 5.06 Å². The molecule has 1 aliphatic carbocycles. The number of ketones is 1. The standard InChI is InChI=1S/C14H25NO6Si/c1-13(2,3)22(4,5)21-15-10(18)7-14(15)9(17)6-8(16)11(19)12(14)20/h9,11-12,17,19-20H,6-7H2,1-5H3. The molecule has 2 aliphatic rings. The van der Waals surface area contributed by atoms with Gasteiger partial charge in [0.05, 0.1) is 12.5 Å². The Labute approximate surface area is 131 Å². The van der Waals surface area contributed by atoms with Crippen LogP contribution >= 0.6 is 0 Å². The van der Waals surface area contributed by atoms with Crippen LogP contribution in [-0.2, 0) is 14.1 Å². The molecular weight excluding hydrogens is 306 g/mol. The molecule has 0 aromatic heterocycles. The quantitative estimate of drug-likeness (QED) is 0.484. The van der Waals surface area contributed by atoms with Crippen molar-refractivity contribution >= 4 is 20.0 Å². The van der Waals surface area contributed by atoms with E-state index in [1.807, 2.05) is 33.9 Å². The van der Waals surface area contributed by atoms with Crippen LogP contribution < -0.4 is 0 Å². The van der Waals surface area contributed by atoms with Gasteiger partial charge in [0.2, 0.25) is 14.2 Å². The Bertz CT molecular complexity index is 502. The summed E-state index contributed by atoms with van der Waals surface area (Å²) in [4.78, 5) is 23.6. The third-order valence-electron chi connectivity index (χ3n) is 5.28. The molecule has 1 spiro atoms. The lowest BCUT2D eigenvalue weighted by atomic mass is 9.68. The smallest absolute Gasteiger partial charge is 0.248 e. The highest BCUT2D eigenvalue weighted by Crippen LogP contribution is 2.47. The predicted molar refractivity (Wildman–Crippen MR) is 80.1 cm³/mol. The average Bonchev–Trinajstić information content (AvgIpc) is 2.37. The number of carbonyl (C=O) groups excluding carboxylic acids is 2. The zero-order valence-electron chi connectivity index (χ0n) is 13.7. The van der Waals surface area contributed by atoms with Crippen molar-refractivity contribution in [2.45, 2.75) is 75.6 Å². The van der Waals surface area contributed by atoms with E-state index in [9.17, 15) is 24.9 Å². The lowest BCUT2D eigenvalue weighted by Crippen LogP contribution is -2.80. The number of β-lactam (4-membered cyclic amide) rings is 1. The molecule has 1 heterocycles. The summed E-state index contributed by atoms with van der Waals surface area (Å²) >= 11 is 0. The van der Waals surface area contributed by atoms with Crippen LogP contribution in [0.3, 0.4) is 0 Å². The molecule has 22 heavy (non-hydrogen) atoms. The molecule has 8 heteroatoms. The number of aliphatic hydroxyl groups is 3. The molecule has 0 radical (unpaired) electrons. The van der Waals surface area contributed by atoms with Crippen molar-refractivity contribution in [3.63, 3.8) is 0 Å². The average molecular weight is 331 g/mol. The molecule has 1 aliphatic heterocycles. The van der Waals surface area contributed by atoms with E-state index in [0.717, 1.165) is 5.06 Å². The maximum Gasteiger partial charge on any atom is 0.248 e. The molecule has 126 valence electrons. The summed E-state index contributed by atoms with van der Waals surface area (Å²) in [5.41, 5.74) is -1.43. The van der Waals surface area contributed by atoms with Gasteiger partial charge >= 0.3 is 0 Å². The summed E-state index contributed by atoms with van der Waals surface area (Å²) in [5.74, 6) is -0.985. The molecule has 0 aromatic carbocycles. The van der Waals surface area contributed by atoms with E-state index in [1.165, 1.54) is 0 Å². The molecule has 2 rings (SSSR count). The van der Waals surface area contributed by atoms with E-state index in [0.29, 0.717) is 0 Å². The van der Waals surface area contributed by atoms with Crippen molar-refractivity contribution in [3.8, 4) is 0 Å². The van der Waals surface area contributed by atoms with Crippen molar-refractivity contribution in [2.24, 2.45) is 0 Å². The maximum absolute atomic E-state index is 12.0. The van der Waals surface area contributed by atoms with Gasteiger partial charge in [0.1, 0.15) is 17.7 Å². The van der Waals surface area contributed by atoms with E-state index in [-0.39, 0.29) is 23.8 Å². The summed E-state index contributed by atoms with van der Waals surface area (Å²) in [6.07, 6.45) is -4.86. The van der Waals surface area contributed by atoms with Gasteiger partial charge < -0.3 is 19.8 Å². The zero-order valence-corrected chi connectivity index (χ0v) is 14.7. The van der Waals surface area contributed by atoms with Crippen LogP contribution in [0.4, 0.5) is 0 Å². The summed E-state index contributed by atoms with van der Waals surface area (Å²) in [5, 5.41) is 31.2. The second-order valence-corrected chi connectivity index (χ2v) is 12.5. The number of rotatable bonds is 2. The molecule has 7 nitrogen and oxygen atoms in total. The highest BCUT2D eigenvalue weighted by molar-refractivity contribution is 6.74. The fraction of sp³-hybridized carbons (Fsp3) is 0.857. The van der Waals surface area contributed by atoms with E-state index in [4.69, 9.17) is 4.53 Å². The van der Waals surface area contributed by atoms with Gasteiger partial charge in [-0.1, -0.05) is 20.8 Å². The Kier molecular flexibility index (Phi) is 4.07. The van der Waals surface area contributed by atoms with Crippen LogP contribution in [0.15, 0.2) is 0 Å². The van der Waals surface area contributed by atoms with Gasteiger partial charge in [-0.15, -0.1) is 0 Å². The Balaban J connectivity index is 2.32. The molecule has 2 fully saturated rings. The third kappa shape index (κ3) is 2.33. The minimum Gasteiger partial charge on any atom is -0.390 e. The molecule has 0 aromatic rings. The number of amides is 1. The van der Waals surface area contributed by atoms with Gasteiger partial charge in [0.15, 0.2) is 5.78 Å². The molecule has 0 bridgehead atoms. The van der Waals surface area contributed by atoms with Gasteiger partial charge in [-0.3, -0.25) is 9.59 Å². The summed E-state index contributed by atoms with van der Waals surface area (Å²) in [6.45, 7) is 9.89. The summed E-state index contributed by atoms with van der Waals surface area (Å²) in [6, 6.07) is 0. The van der Waals surface area contributed by atoms with Crippen LogP contribution in [0, 0.1) is 0 Å². The zero-order chi connectivity index (χ0) is 17.1. The molecule has 1 saturated carbocycles. The van der Waals surface area contributed by atoms with Crippen LogP contribution in [-0.4, -0.2) is 64.2 Å². The van der Waals surface area contributed by atoms with Crippen LogP contribution in [0.25, 0.3) is 0 Å². The van der Waals surface area contributed by atoms with E-state index in [1.54, 1.807) is 0 Å². The van der Waals surface area contributed by atoms with Crippen molar-refractivity contribution < 1.29 is 29.4 Å². The van der Waals surface area contributed by atoms with E-state index in [2.05, 4.69) is 0 Å². The summed E-state index contributed by atoms with van der Waals surface area (Å²) in [7, 11) is -2.37. The molecular formula is C14H25NO6Si. The second kappa shape index (κ2) is 5.10. The third-order valence-corrected chi connectivity index (χ3v) is 9.53. The lowest BCUT2D eigenvalue weighted by Gasteiger charge is -2.59. The Morgan fingerprint density at radius 3 is 2.23 bits per heavy atom. The van der Waals surface area contributed by atoms with Gasteiger partial charge in [0, 0.05) is 6.42 Å². The van der Waals surface area contributed by atoms with Crippen LogP contribution in [0.5, 0.6) is 0 Å². The SMILES string of the molecule is CC(C)(C)[Si](C)(C)ON1C(=O)CC12C(O)CC(=O)C(O)C2O. The van der Waals surface area contributed by atoms with Gasteiger partial charge in [-0.25, -0.2) is 5.06 Å². The number of Topliss-reactive ketones (excluding diaryl/α,β-unsaturated/α-hetero) is 1. The minimum absolute atomic E-state index is 0.145. The number of hydrogen-bond donors (Lipinski definition) is 3. The molecule has 1 saturated heterocycles. The van der Waals surface area contributed by atoms with Crippen LogP contribution in [0.1, 0.15) is 33.6 Å². The molecule has 3 N–H and O–H groups in total. The van der Waals surface area contributed by atoms with Gasteiger partial charge in [-0.2, -0.15) is 0 Å². The number of nitrogens with zero attached hydrogens (tertiary/aromatic N) is 1. The lowest BCUT2D eigenvalue weighted by molar-refractivity contribution is -0.279. The number of hydrogen-bond acceptors (Lipinski definition) is 6. The monoisotopic (exact) mass is 331 g/mol. The number of carbonyl (C=O) groups is 2. The van der Waals surface area contributed by atoms with Crippen molar-refractivity contribution in [1.29, 1.82) is 0 Å². The summed E-state index contributed by atoms with van der Waals surface area (Å²) < 4.78 is 5.95. The second-order valence-electron chi connectivity index (χ2n) is 7.78. The highest BCUT2D eigenvalue weighted by atomic mass is 28.4. The largest absolute Gasteiger partial charge is 0.390 e. The van der Waals surface area contributed by atoms with Crippen molar-refractivity contribution in [3.05, 3.63) is 0 Å². The van der Waals surface area contributed by atoms with E-state index < -0.39 is 38.0 Å². The fourth-order valence-electron chi connectivity index (χ4n) is 2.64.